The number of halogens is 1. The Morgan fingerprint density at radius 2 is 1.85 bits per heavy atom. The topological polar surface area (TPSA) is 45.7 Å². The second kappa shape index (κ2) is 15.4. The molecule has 122 valence electrons. The van der Waals surface area contributed by atoms with Crippen LogP contribution in [0.2, 0.25) is 0 Å². The standard InChI is InChI=1S/C15H33N3O.HI/c1-6-16-15(17-11-8-12-19-5)18-14(4)10-7-9-13(2)3;/h13-14H,6-12H2,1-5H3,(H2,16,17,18);1H. The molecule has 1 atom stereocenters. The number of hydrogen-bond donors (Lipinski definition) is 2. The molecular formula is C15H34IN3O. The van der Waals surface area contributed by atoms with E-state index in [4.69, 9.17) is 4.74 Å². The summed E-state index contributed by atoms with van der Waals surface area (Å²) in [7, 11) is 1.73. The fraction of sp³-hybridized carbons (Fsp3) is 0.933. The third kappa shape index (κ3) is 14.4. The second-order valence-electron chi connectivity index (χ2n) is 5.48. The molecule has 0 aliphatic rings. The summed E-state index contributed by atoms with van der Waals surface area (Å²) in [6, 6.07) is 0.471. The molecule has 1 unspecified atom stereocenters. The first kappa shape index (κ1) is 22.2. The van der Waals surface area contributed by atoms with Gasteiger partial charge < -0.3 is 15.4 Å². The largest absolute Gasteiger partial charge is 0.385 e. The Bertz CT molecular complexity index is 235. The summed E-state index contributed by atoms with van der Waals surface area (Å²) in [6.45, 7) is 11.3. The zero-order valence-corrected chi connectivity index (χ0v) is 16.2. The summed E-state index contributed by atoms with van der Waals surface area (Å²) in [5.74, 6) is 1.72. The van der Waals surface area contributed by atoms with E-state index in [0.29, 0.717) is 6.04 Å². The Balaban J connectivity index is 0. The summed E-state index contributed by atoms with van der Waals surface area (Å²) in [6.07, 6.45) is 4.73. The van der Waals surface area contributed by atoms with Crippen LogP contribution in [0.4, 0.5) is 0 Å². The van der Waals surface area contributed by atoms with E-state index >= 15 is 0 Å². The minimum absolute atomic E-state index is 0. The SMILES string of the molecule is CCNC(=NCCCOC)NC(C)CCCC(C)C.I. The van der Waals surface area contributed by atoms with Crippen LogP contribution in [0, 0.1) is 5.92 Å². The molecule has 0 saturated carbocycles. The normalized spacial score (nSPS) is 13.0. The first-order valence-electron chi connectivity index (χ1n) is 7.63. The third-order valence-corrected chi connectivity index (χ3v) is 2.92. The van der Waals surface area contributed by atoms with Crippen LogP contribution in [0.15, 0.2) is 4.99 Å². The van der Waals surface area contributed by atoms with Gasteiger partial charge >= 0.3 is 0 Å². The molecule has 2 N–H and O–H groups in total. The lowest BCUT2D eigenvalue weighted by molar-refractivity contribution is 0.197. The molecule has 0 amide bonds. The Kier molecular flexibility index (Phi) is 17.1. The smallest absolute Gasteiger partial charge is 0.191 e. The molecule has 20 heavy (non-hydrogen) atoms. The molecule has 4 nitrogen and oxygen atoms in total. The highest BCUT2D eigenvalue weighted by molar-refractivity contribution is 14.0. The van der Waals surface area contributed by atoms with Crippen LogP contribution < -0.4 is 10.6 Å². The van der Waals surface area contributed by atoms with Crippen molar-refractivity contribution in [2.24, 2.45) is 10.9 Å². The molecule has 0 aromatic rings. The van der Waals surface area contributed by atoms with Crippen LogP contribution in [0.5, 0.6) is 0 Å². The average molecular weight is 399 g/mol. The lowest BCUT2D eigenvalue weighted by atomic mass is 10.0. The molecule has 0 aliphatic heterocycles. The summed E-state index contributed by atoms with van der Waals surface area (Å²) in [5.41, 5.74) is 0. The molecule has 0 saturated heterocycles. The van der Waals surface area contributed by atoms with Gasteiger partial charge in [-0.1, -0.05) is 26.7 Å². The van der Waals surface area contributed by atoms with Gasteiger partial charge in [0.2, 0.25) is 0 Å². The maximum atomic E-state index is 5.03. The van der Waals surface area contributed by atoms with Crippen LogP contribution >= 0.6 is 24.0 Å². The third-order valence-electron chi connectivity index (χ3n) is 2.92. The van der Waals surface area contributed by atoms with Crippen molar-refractivity contribution < 1.29 is 4.74 Å². The van der Waals surface area contributed by atoms with Crippen molar-refractivity contribution in [1.29, 1.82) is 0 Å². The van der Waals surface area contributed by atoms with Gasteiger partial charge in [-0.25, -0.2) is 0 Å². The van der Waals surface area contributed by atoms with Crippen molar-refractivity contribution in [2.75, 3.05) is 26.8 Å². The van der Waals surface area contributed by atoms with Crippen LogP contribution in [-0.2, 0) is 4.74 Å². The fourth-order valence-corrected chi connectivity index (χ4v) is 1.86. The summed E-state index contributed by atoms with van der Waals surface area (Å²) in [5, 5.41) is 6.75. The van der Waals surface area contributed by atoms with Gasteiger partial charge in [0.05, 0.1) is 0 Å². The minimum atomic E-state index is 0. The Labute approximate surface area is 142 Å². The molecule has 5 heteroatoms. The minimum Gasteiger partial charge on any atom is -0.385 e. The first-order valence-corrected chi connectivity index (χ1v) is 7.63. The van der Waals surface area contributed by atoms with Gasteiger partial charge in [-0.2, -0.15) is 0 Å². The van der Waals surface area contributed by atoms with E-state index in [1.165, 1.54) is 19.3 Å². The molecule has 0 radical (unpaired) electrons. The molecular weight excluding hydrogens is 365 g/mol. The predicted octanol–water partition coefficient (Wildman–Crippen LogP) is 3.41. The van der Waals surface area contributed by atoms with Crippen molar-refractivity contribution in [3.05, 3.63) is 0 Å². The molecule has 0 spiro atoms. The number of hydrogen-bond acceptors (Lipinski definition) is 2. The lowest BCUT2D eigenvalue weighted by Crippen LogP contribution is -2.42. The summed E-state index contributed by atoms with van der Waals surface area (Å²) in [4.78, 5) is 4.55. The van der Waals surface area contributed by atoms with Gasteiger partial charge in [0.15, 0.2) is 5.96 Å². The van der Waals surface area contributed by atoms with E-state index in [9.17, 15) is 0 Å². The molecule has 0 aromatic heterocycles. The van der Waals surface area contributed by atoms with Crippen LogP contribution in [0.1, 0.15) is 53.4 Å². The number of aliphatic imine (C=N–C) groups is 1. The van der Waals surface area contributed by atoms with Gasteiger partial charge in [-0.05, 0) is 32.6 Å². The zero-order valence-electron chi connectivity index (χ0n) is 13.9. The van der Waals surface area contributed by atoms with Crippen molar-refractivity contribution >= 4 is 29.9 Å². The van der Waals surface area contributed by atoms with Crippen molar-refractivity contribution in [3.8, 4) is 0 Å². The fourth-order valence-electron chi connectivity index (χ4n) is 1.86. The molecule has 0 aliphatic carbocycles. The van der Waals surface area contributed by atoms with Crippen LogP contribution in [0.25, 0.3) is 0 Å². The van der Waals surface area contributed by atoms with E-state index in [-0.39, 0.29) is 24.0 Å². The maximum Gasteiger partial charge on any atom is 0.191 e. The second-order valence-corrected chi connectivity index (χ2v) is 5.48. The molecule has 0 bridgehead atoms. The monoisotopic (exact) mass is 399 g/mol. The van der Waals surface area contributed by atoms with E-state index < -0.39 is 0 Å². The Morgan fingerprint density at radius 3 is 2.40 bits per heavy atom. The van der Waals surface area contributed by atoms with Crippen LogP contribution in [0.3, 0.4) is 0 Å². The highest BCUT2D eigenvalue weighted by atomic mass is 127. The molecule has 0 heterocycles. The Hall–Kier alpha value is -0.0400. The number of nitrogens with one attached hydrogen (secondary N) is 2. The first-order chi connectivity index (χ1) is 9.10. The quantitative estimate of drug-likeness (QED) is 0.256. The van der Waals surface area contributed by atoms with Gasteiger partial charge in [0.1, 0.15) is 0 Å². The van der Waals surface area contributed by atoms with Gasteiger partial charge in [0.25, 0.3) is 0 Å². The average Bonchev–Trinajstić information content (AvgIpc) is 2.34. The highest BCUT2D eigenvalue weighted by Crippen LogP contribution is 2.08. The summed E-state index contributed by atoms with van der Waals surface area (Å²) < 4.78 is 5.03. The summed E-state index contributed by atoms with van der Waals surface area (Å²) >= 11 is 0. The molecule has 0 rings (SSSR count). The number of methoxy groups -OCH3 is 1. The van der Waals surface area contributed by atoms with Crippen molar-refractivity contribution in [3.63, 3.8) is 0 Å². The van der Waals surface area contributed by atoms with E-state index in [2.05, 4.69) is 43.3 Å². The number of rotatable bonds is 10. The maximum absolute atomic E-state index is 5.03. The number of nitrogens with zero attached hydrogens (tertiary/aromatic N) is 1. The van der Waals surface area contributed by atoms with E-state index in [1.807, 2.05) is 0 Å². The number of ether oxygens (including phenoxy) is 1. The van der Waals surface area contributed by atoms with Crippen LogP contribution in [-0.4, -0.2) is 38.8 Å². The highest BCUT2D eigenvalue weighted by Gasteiger charge is 2.05. The van der Waals surface area contributed by atoms with Crippen molar-refractivity contribution in [2.45, 2.75) is 59.4 Å². The van der Waals surface area contributed by atoms with Gasteiger partial charge in [-0.3, -0.25) is 4.99 Å². The number of guanidine groups is 1. The van der Waals surface area contributed by atoms with Gasteiger partial charge in [-0.15, -0.1) is 24.0 Å². The van der Waals surface area contributed by atoms with Gasteiger partial charge in [0, 0.05) is 32.8 Å². The molecule has 0 fully saturated rings. The Morgan fingerprint density at radius 1 is 1.15 bits per heavy atom. The van der Waals surface area contributed by atoms with Crippen molar-refractivity contribution in [1.82, 2.24) is 10.6 Å². The van der Waals surface area contributed by atoms with E-state index in [0.717, 1.165) is 38.0 Å². The molecule has 0 aromatic carbocycles. The predicted molar refractivity (Wildman–Crippen MR) is 99.2 cm³/mol. The lowest BCUT2D eigenvalue weighted by Gasteiger charge is -2.18. The van der Waals surface area contributed by atoms with E-state index in [1.54, 1.807) is 7.11 Å². The zero-order chi connectivity index (χ0) is 14.5.